The number of allylic oxidation sites excluding steroid dienone is 1. The maximum atomic E-state index is 10.0. The Morgan fingerprint density at radius 3 is 2.60 bits per heavy atom. The quantitative estimate of drug-likeness (QED) is 0.429. The van der Waals surface area contributed by atoms with Gasteiger partial charge in [-0.2, -0.15) is 15.6 Å². The van der Waals surface area contributed by atoms with E-state index in [0.29, 0.717) is 39.6 Å². The number of aromatic nitrogens is 4. The third-order valence-electron chi connectivity index (χ3n) is 6.11. The average molecular weight is 459 g/mol. The Labute approximate surface area is 199 Å². The molecule has 35 heavy (non-hydrogen) atoms. The molecule has 0 aliphatic carbocycles. The van der Waals surface area contributed by atoms with Crippen molar-refractivity contribution in [1.82, 2.24) is 19.3 Å². The highest BCUT2D eigenvalue weighted by Crippen LogP contribution is 2.47. The number of nitrogens with zero attached hydrogens (tertiary/aromatic N) is 6. The monoisotopic (exact) mass is 459 g/mol. The second kappa shape index (κ2) is 7.65. The van der Waals surface area contributed by atoms with Crippen LogP contribution >= 0.6 is 0 Å². The number of hydrogen-bond acceptors (Lipinski definition) is 7. The molecule has 0 saturated heterocycles. The Balaban J connectivity index is 1.53. The molecule has 3 aromatic heterocycles. The SMILES string of the molecule is Cn1nc(-c2cc3cc(C#N)ccc3o2)c2c1OC(N)=C(C#N)C2c1ccc(-n2ccnc2)cc1. The van der Waals surface area contributed by atoms with E-state index in [2.05, 4.69) is 22.2 Å². The van der Waals surface area contributed by atoms with Crippen molar-refractivity contribution in [3.63, 3.8) is 0 Å². The molecule has 5 aromatic rings. The molecule has 0 radical (unpaired) electrons. The van der Waals surface area contributed by atoms with Crippen LogP contribution in [0.2, 0.25) is 0 Å². The van der Waals surface area contributed by atoms with E-state index in [-0.39, 0.29) is 5.88 Å². The molecule has 0 fully saturated rings. The van der Waals surface area contributed by atoms with Crippen molar-refractivity contribution in [2.24, 2.45) is 12.8 Å². The molecule has 1 aliphatic heterocycles. The number of nitriles is 2. The van der Waals surface area contributed by atoms with Crippen LogP contribution in [-0.4, -0.2) is 19.3 Å². The van der Waals surface area contributed by atoms with Gasteiger partial charge in [0.1, 0.15) is 22.9 Å². The molecule has 1 unspecified atom stereocenters. The zero-order valence-electron chi connectivity index (χ0n) is 18.5. The Bertz CT molecular complexity index is 1710. The molecular formula is C26H17N7O2. The molecular weight excluding hydrogens is 442 g/mol. The van der Waals surface area contributed by atoms with E-state index in [1.807, 2.05) is 41.1 Å². The Morgan fingerprint density at radius 2 is 1.89 bits per heavy atom. The maximum absolute atomic E-state index is 10.0. The fourth-order valence-electron chi connectivity index (χ4n) is 4.47. The van der Waals surface area contributed by atoms with Gasteiger partial charge in [0.15, 0.2) is 5.76 Å². The minimum atomic E-state index is -0.507. The minimum absolute atomic E-state index is 0.0431. The predicted molar refractivity (Wildman–Crippen MR) is 126 cm³/mol. The van der Waals surface area contributed by atoms with Gasteiger partial charge in [0, 0.05) is 30.5 Å². The largest absolute Gasteiger partial charge is 0.454 e. The lowest BCUT2D eigenvalue weighted by molar-refractivity contribution is 0.358. The van der Waals surface area contributed by atoms with E-state index >= 15 is 0 Å². The van der Waals surface area contributed by atoms with Gasteiger partial charge >= 0.3 is 0 Å². The van der Waals surface area contributed by atoms with Crippen molar-refractivity contribution in [3.8, 4) is 35.2 Å². The van der Waals surface area contributed by atoms with Crippen molar-refractivity contribution >= 4 is 11.0 Å². The molecule has 6 rings (SSSR count). The number of rotatable bonds is 3. The first-order chi connectivity index (χ1) is 17.1. The van der Waals surface area contributed by atoms with Gasteiger partial charge in [0.05, 0.1) is 29.4 Å². The summed E-state index contributed by atoms with van der Waals surface area (Å²) in [6, 6.07) is 19.2. The molecule has 2 N–H and O–H groups in total. The van der Waals surface area contributed by atoms with E-state index in [4.69, 9.17) is 14.9 Å². The third kappa shape index (κ3) is 3.15. The van der Waals surface area contributed by atoms with Crippen LogP contribution < -0.4 is 10.5 Å². The fourth-order valence-corrected chi connectivity index (χ4v) is 4.47. The number of furan rings is 1. The van der Waals surface area contributed by atoms with Crippen molar-refractivity contribution in [2.75, 3.05) is 0 Å². The maximum Gasteiger partial charge on any atom is 0.224 e. The molecule has 0 saturated carbocycles. The first kappa shape index (κ1) is 20.3. The van der Waals surface area contributed by atoms with E-state index in [0.717, 1.165) is 16.6 Å². The summed E-state index contributed by atoms with van der Waals surface area (Å²) in [7, 11) is 1.75. The standard InChI is InChI=1S/C26H17N7O2/c1-32-26-23(24(31-32)21-11-17-10-15(12-27)2-7-20(17)34-21)22(19(13-28)25(29)35-26)16-3-5-18(6-4-16)33-9-8-30-14-33/h2-11,14,22H,29H2,1H3. The van der Waals surface area contributed by atoms with Crippen molar-refractivity contribution in [2.45, 2.75) is 5.92 Å². The zero-order valence-corrected chi connectivity index (χ0v) is 18.5. The smallest absolute Gasteiger partial charge is 0.224 e. The zero-order chi connectivity index (χ0) is 24.1. The second-order valence-corrected chi connectivity index (χ2v) is 8.15. The Hall–Kier alpha value is -5.28. The molecule has 1 atom stereocenters. The van der Waals surface area contributed by atoms with Crippen LogP contribution in [0.3, 0.4) is 0 Å². The van der Waals surface area contributed by atoms with E-state index in [1.54, 1.807) is 42.5 Å². The summed E-state index contributed by atoms with van der Waals surface area (Å²) < 4.78 is 15.4. The van der Waals surface area contributed by atoms with Gasteiger partial charge in [0.2, 0.25) is 11.8 Å². The van der Waals surface area contributed by atoms with Crippen LogP contribution in [0.4, 0.5) is 0 Å². The first-order valence-electron chi connectivity index (χ1n) is 10.7. The summed E-state index contributed by atoms with van der Waals surface area (Å²) in [4.78, 5) is 4.09. The van der Waals surface area contributed by atoms with Gasteiger partial charge in [-0.05, 0) is 42.0 Å². The minimum Gasteiger partial charge on any atom is -0.454 e. The normalized spacial score (nSPS) is 14.9. The lowest BCUT2D eigenvalue weighted by atomic mass is 9.83. The third-order valence-corrected chi connectivity index (χ3v) is 6.11. The summed E-state index contributed by atoms with van der Waals surface area (Å²) in [5, 5.41) is 24.7. The van der Waals surface area contributed by atoms with Crippen LogP contribution in [-0.2, 0) is 7.05 Å². The number of benzene rings is 2. The molecule has 0 amide bonds. The summed E-state index contributed by atoms with van der Waals surface area (Å²) in [6.45, 7) is 0. The highest BCUT2D eigenvalue weighted by atomic mass is 16.5. The molecule has 0 bridgehead atoms. The molecule has 9 nitrogen and oxygen atoms in total. The van der Waals surface area contributed by atoms with Gasteiger partial charge in [-0.25, -0.2) is 9.67 Å². The van der Waals surface area contributed by atoms with Gasteiger partial charge < -0.3 is 19.5 Å². The van der Waals surface area contributed by atoms with Crippen molar-refractivity contribution < 1.29 is 9.15 Å². The van der Waals surface area contributed by atoms with Crippen LogP contribution in [0, 0.1) is 22.7 Å². The van der Waals surface area contributed by atoms with Crippen molar-refractivity contribution in [3.05, 3.63) is 95.4 Å². The van der Waals surface area contributed by atoms with E-state index < -0.39 is 5.92 Å². The van der Waals surface area contributed by atoms with E-state index in [9.17, 15) is 10.5 Å². The number of aryl methyl sites for hydroxylation is 1. The number of fused-ring (bicyclic) bond motifs is 2. The molecule has 1 aliphatic rings. The van der Waals surface area contributed by atoms with Gasteiger partial charge in [0.25, 0.3) is 0 Å². The topological polar surface area (TPSA) is 132 Å². The predicted octanol–water partition coefficient (Wildman–Crippen LogP) is 4.11. The highest BCUT2D eigenvalue weighted by Gasteiger charge is 2.37. The number of imidazole rings is 1. The fraction of sp³-hybridized carbons (Fsp3) is 0.0769. The molecule has 4 heterocycles. The average Bonchev–Trinajstić information content (AvgIpc) is 3.62. The lowest BCUT2D eigenvalue weighted by Gasteiger charge is -2.24. The molecule has 0 spiro atoms. The van der Waals surface area contributed by atoms with Crippen LogP contribution in [0.1, 0.15) is 22.6 Å². The lowest BCUT2D eigenvalue weighted by Crippen LogP contribution is -2.21. The summed E-state index contributed by atoms with van der Waals surface area (Å²) in [6.07, 6.45) is 5.29. The number of nitrogens with two attached hydrogens (primary N) is 1. The highest BCUT2D eigenvalue weighted by molar-refractivity contribution is 5.84. The molecule has 168 valence electrons. The summed E-state index contributed by atoms with van der Waals surface area (Å²) >= 11 is 0. The second-order valence-electron chi connectivity index (χ2n) is 8.15. The van der Waals surface area contributed by atoms with E-state index in [1.165, 1.54) is 0 Å². The van der Waals surface area contributed by atoms with Crippen LogP contribution in [0.15, 0.2) is 83.1 Å². The van der Waals surface area contributed by atoms with Gasteiger partial charge in [-0.15, -0.1) is 0 Å². The van der Waals surface area contributed by atoms with Crippen LogP contribution in [0.5, 0.6) is 5.88 Å². The van der Waals surface area contributed by atoms with Gasteiger partial charge in [-0.1, -0.05) is 12.1 Å². The summed E-state index contributed by atoms with van der Waals surface area (Å²) in [5.74, 6) is 0.486. The van der Waals surface area contributed by atoms with Gasteiger partial charge in [-0.3, -0.25) is 0 Å². The molecule has 9 heteroatoms. The first-order valence-corrected chi connectivity index (χ1v) is 10.7. The number of hydrogen-bond donors (Lipinski definition) is 1. The van der Waals surface area contributed by atoms with Crippen LogP contribution in [0.25, 0.3) is 28.1 Å². The Morgan fingerprint density at radius 1 is 1.06 bits per heavy atom. The summed E-state index contributed by atoms with van der Waals surface area (Å²) in [5.41, 5.74) is 10.7. The Kier molecular flexibility index (Phi) is 4.44. The van der Waals surface area contributed by atoms with Crippen molar-refractivity contribution in [1.29, 1.82) is 10.5 Å². The number of ether oxygens (including phenoxy) is 1. The molecule has 2 aromatic carbocycles.